The van der Waals surface area contributed by atoms with Gasteiger partial charge in [-0.3, -0.25) is 4.98 Å². The fraction of sp³-hybridized carbons (Fsp3) is 0.333. The van der Waals surface area contributed by atoms with Crippen LogP contribution in [0, 0.1) is 6.92 Å². The van der Waals surface area contributed by atoms with E-state index < -0.39 is 0 Å². The van der Waals surface area contributed by atoms with Crippen LogP contribution in [0.2, 0.25) is 0 Å². The van der Waals surface area contributed by atoms with Gasteiger partial charge in [-0.1, -0.05) is 6.07 Å². The lowest BCUT2D eigenvalue weighted by molar-refractivity contribution is 0.0599. The van der Waals surface area contributed by atoms with Crippen LogP contribution in [0.15, 0.2) is 34.9 Å². The molecule has 2 rings (SSSR count). The Bertz CT molecular complexity index is 564. The number of furan rings is 1. The molecule has 2 heterocycles. The molecule has 0 atom stereocenters. The van der Waals surface area contributed by atoms with E-state index in [2.05, 4.69) is 15.0 Å². The van der Waals surface area contributed by atoms with Gasteiger partial charge in [-0.15, -0.1) is 0 Å². The third-order valence-electron chi connectivity index (χ3n) is 2.96. The molecular weight excluding hydrogens is 256 g/mol. The van der Waals surface area contributed by atoms with Crippen LogP contribution in [0.4, 0.5) is 0 Å². The van der Waals surface area contributed by atoms with Gasteiger partial charge in [-0.25, -0.2) is 4.79 Å². The van der Waals surface area contributed by atoms with E-state index >= 15 is 0 Å². The lowest BCUT2D eigenvalue weighted by Crippen LogP contribution is -2.16. The Labute approximate surface area is 118 Å². The van der Waals surface area contributed by atoms with Gasteiger partial charge in [0.2, 0.25) is 0 Å². The van der Waals surface area contributed by atoms with Crippen LogP contribution >= 0.6 is 0 Å². The first-order chi connectivity index (χ1) is 9.70. The highest BCUT2D eigenvalue weighted by atomic mass is 16.5. The van der Waals surface area contributed by atoms with Crippen molar-refractivity contribution in [1.29, 1.82) is 0 Å². The van der Waals surface area contributed by atoms with Crippen molar-refractivity contribution in [3.8, 4) is 0 Å². The molecule has 106 valence electrons. The zero-order valence-electron chi connectivity index (χ0n) is 11.7. The third kappa shape index (κ3) is 3.68. The molecule has 5 nitrogen and oxygen atoms in total. The molecule has 5 heteroatoms. The Morgan fingerprint density at radius 2 is 2.30 bits per heavy atom. The molecule has 2 aromatic rings. The number of rotatable bonds is 6. The first-order valence-corrected chi connectivity index (χ1v) is 6.49. The van der Waals surface area contributed by atoms with Crippen molar-refractivity contribution >= 4 is 5.97 Å². The summed E-state index contributed by atoms with van der Waals surface area (Å²) in [5.74, 6) is 0.938. The van der Waals surface area contributed by atoms with E-state index in [1.165, 1.54) is 7.11 Å². The van der Waals surface area contributed by atoms with Crippen molar-refractivity contribution in [2.75, 3.05) is 13.7 Å². The van der Waals surface area contributed by atoms with Gasteiger partial charge in [-0.05, 0) is 25.1 Å². The summed E-state index contributed by atoms with van der Waals surface area (Å²) < 4.78 is 10.2. The fourth-order valence-corrected chi connectivity index (χ4v) is 1.92. The van der Waals surface area contributed by atoms with Gasteiger partial charge in [0.15, 0.2) is 0 Å². The molecule has 0 aromatic carbocycles. The molecule has 0 aliphatic rings. The first-order valence-electron chi connectivity index (χ1n) is 6.49. The second-order valence-electron chi connectivity index (χ2n) is 4.42. The number of aromatic nitrogens is 1. The van der Waals surface area contributed by atoms with E-state index in [-0.39, 0.29) is 5.97 Å². The normalized spacial score (nSPS) is 10.5. The van der Waals surface area contributed by atoms with Gasteiger partial charge in [0, 0.05) is 24.9 Å². The van der Waals surface area contributed by atoms with Gasteiger partial charge in [0.05, 0.1) is 13.7 Å². The minimum absolute atomic E-state index is 0.369. The number of hydrogen-bond donors (Lipinski definition) is 1. The van der Waals surface area contributed by atoms with Crippen molar-refractivity contribution in [3.05, 3.63) is 53.2 Å². The fourth-order valence-electron chi connectivity index (χ4n) is 1.92. The SMILES string of the molecule is COC(=O)c1cc(CNCCc2ccccn2)oc1C. The van der Waals surface area contributed by atoms with Crippen LogP contribution in [0.5, 0.6) is 0 Å². The summed E-state index contributed by atoms with van der Waals surface area (Å²) in [6.07, 6.45) is 2.64. The number of methoxy groups -OCH3 is 1. The van der Waals surface area contributed by atoms with Crippen LogP contribution < -0.4 is 5.32 Å². The highest BCUT2D eigenvalue weighted by molar-refractivity contribution is 5.90. The maximum atomic E-state index is 11.5. The Kier molecular flexibility index (Phi) is 4.90. The van der Waals surface area contributed by atoms with Gasteiger partial charge in [-0.2, -0.15) is 0 Å². The Morgan fingerprint density at radius 3 is 3.00 bits per heavy atom. The average molecular weight is 274 g/mol. The van der Waals surface area contributed by atoms with E-state index in [1.807, 2.05) is 18.2 Å². The molecule has 0 aliphatic carbocycles. The Morgan fingerprint density at radius 1 is 1.45 bits per heavy atom. The predicted molar refractivity (Wildman–Crippen MR) is 74.4 cm³/mol. The third-order valence-corrected chi connectivity index (χ3v) is 2.96. The summed E-state index contributed by atoms with van der Waals surface area (Å²) in [6.45, 7) is 3.12. The smallest absolute Gasteiger partial charge is 0.341 e. The molecule has 0 unspecified atom stereocenters. The molecule has 0 aliphatic heterocycles. The van der Waals surface area contributed by atoms with E-state index in [4.69, 9.17) is 4.42 Å². The quantitative estimate of drug-likeness (QED) is 0.645. The first kappa shape index (κ1) is 14.3. The minimum Gasteiger partial charge on any atom is -0.465 e. The van der Waals surface area contributed by atoms with Gasteiger partial charge >= 0.3 is 5.97 Å². The maximum Gasteiger partial charge on any atom is 0.341 e. The highest BCUT2D eigenvalue weighted by Crippen LogP contribution is 2.15. The summed E-state index contributed by atoms with van der Waals surface area (Å²) in [5.41, 5.74) is 1.53. The molecule has 0 spiro atoms. The molecule has 0 bridgehead atoms. The van der Waals surface area contributed by atoms with E-state index in [9.17, 15) is 4.79 Å². The standard InChI is InChI=1S/C15H18N2O3/c1-11-14(15(18)19-2)9-13(20-11)10-16-8-6-12-5-3-4-7-17-12/h3-5,7,9,16H,6,8,10H2,1-2H3. The van der Waals surface area contributed by atoms with Crippen molar-refractivity contribution < 1.29 is 13.9 Å². The van der Waals surface area contributed by atoms with Crippen LogP contribution in [0.25, 0.3) is 0 Å². The summed E-state index contributed by atoms with van der Waals surface area (Å²) in [6, 6.07) is 7.58. The molecule has 20 heavy (non-hydrogen) atoms. The molecule has 0 radical (unpaired) electrons. The number of nitrogens with one attached hydrogen (secondary N) is 1. The minimum atomic E-state index is -0.369. The monoisotopic (exact) mass is 274 g/mol. The van der Waals surface area contributed by atoms with Gasteiger partial charge < -0.3 is 14.5 Å². The van der Waals surface area contributed by atoms with E-state index in [0.29, 0.717) is 17.9 Å². The van der Waals surface area contributed by atoms with Crippen molar-refractivity contribution in [3.63, 3.8) is 0 Å². The van der Waals surface area contributed by atoms with Crippen molar-refractivity contribution in [1.82, 2.24) is 10.3 Å². The largest absolute Gasteiger partial charge is 0.465 e. The number of esters is 1. The number of carbonyl (C=O) groups is 1. The molecular formula is C15H18N2O3. The van der Waals surface area contributed by atoms with Crippen LogP contribution in [0.3, 0.4) is 0 Å². The topological polar surface area (TPSA) is 64.4 Å². The van der Waals surface area contributed by atoms with Gasteiger partial charge in [0.1, 0.15) is 17.1 Å². The van der Waals surface area contributed by atoms with Crippen molar-refractivity contribution in [2.45, 2.75) is 19.9 Å². The van der Waals surface area contributed by atoms with E-state index in [1.54, 1.807) is 19.2 Å². The number of hydrogen-bond acceptors (Lipinski definition) is 5. The molecule has 0 saturated heterocycles. The molecule has 2 aromatic heterocycles. The van der Waals surface area contributed by atoms with Crippen molar-refractivity contribution in [2.24, 2.45) is 0 Å². The van der Waals surface area contributed by atoms with Gasteiger partial charge in [0.25, 0.3) is 0 Å². The zero-order chi connectivity index (χ0) is 14.4. The number of carbonyl (C=O) groups excluding carboxylic acids is 1. The highest BCUT2D eigenvalue weighted by Gasteiger charge is 2.14. The lowest BCUT2D eigenvalue weighted by atomic mass is 10.2. The molecule has 0 fully saturated rings. The summed E-state index contributed by atoms with van der Waals surface area (Å²) >= 11 is 0. The Hall–Kier alpha value is -2.14. The number of pyridine rings is 1. The average Bonchev–Trinajstić information content (AvgIpc) is 2.85. The Balaban J connectivity index is 1.81. The van der Waals surface area contributed by atoms with Crippen LogP contribution in [0.1, 0.15) is 27.6 Å². The second kappa shape index (κ2) is 6.86. The second-order valence-corrected chi connectivity index (χ2v) is 4.42. The molecule has 1 N–H and O–H groups in total. The number of nitrogens with zero attached hydrogens (tertiary/aromatic N) is 1. The summed E-state index contributed by atoms with van der Waals surface area (Å²) in [7, 11) is 1.36. The lowest BCUT2D eigenvalue weighted by Gasteiger charge is -2.02. The van der Waals surface area contributed by atoms with E-state index in [0.717, 1.165) is 24.4 Å². The van der Waals surface area contributed by atoms with Crippen LogP contribution in [-0.2, 0) is 17.7 Å². The molecule has 0 saturated carbocycles. The van der Waals surface area contributed by atoms with Crippen LogP contribution in [-0.4, -0.2) is 24.6 Å². The number of aryl methyl sites for hydroxylation is 1. The summed E-state index contributed by atoms with van der Waals surface area (Å²) in [5, 5.41) is 3.26. The maximum absolute atomic E-state index is 11.5. The molecule has 0 amide bonds. The summed E-state index contributed by atoms with van der Waals surface area (Å²) in [4.78, 5) is 15.7. The predicted octanol–water partition coefficient (Wildman–Crippen LogP) is 2.10. The zero-order valence-corrected chi connectivity index (χ0v) is 11.7. The number of ether oxygens (including phenoxy) is 1.